The molecular formula is C17H17FN4O2S. The Morgan fingerprint density at radius 3 is 2.52 bits per heavy atom. The van der Waals surface area contributed by atoms with Crippen LogP contribution in [0.15, 0.2) is 34.9 Å². The number of hydrogen-bond donors (Lipinski definition) is 2. The first kappa shape index (κ1) is 17.3. The molecule has 0 spiro atoms. The minimum atomic E-state index is -0.744. The number of nitrogens with zero attached hydrogens (tertiary/aromatic N) is 2. The highest BCUT2D eigenvalue weighted by Crippen LogP contribution is 2.45. The molecule has 1 aromatic carbocycles. The third kappa shape index (κ3) is 3.46. The Bertz CT molecular complexity index is 766. The van der Waals surface area contributed by atoms with Crippen molar-refractivity contribution in [3.8, 4) is 6.07 Å². The number of amides is 3. The standard InChI is InChI=1S/C17H17FN4O2S/c18-11-5-3-10(4-6-11)13-12(9-19)15(20)25-14(13)16(23)21-17(24)22-7-1-2-8-22/h3-6,13-14H,1-2,7-8,20H2,(H,21,23,24). The minimum absolute atomic E-state index is 0.255. The quantitative estimate of drug-likeness (QED) is 0.841. The van der Waals surface area contributed by atoms with E-state index in [1.54, 1.807) is 4.90 Å². The van der Waals surface area contributed by atoms with E-state index in [4.69, 9.17) is 5.73 Å². The molecule has 0 aromatic heterocycles. The fourth-order valence-corrected chi connectivity index (χ4v) is 4.26. The summed E-state index contributed by atoms with van der Waals surface area (Å²) in [4.78, 5) is 26.4. The third-order valence-electron chi connectivity index (χ3n) is 4.36. The molecular weight excluding hydrogens is 343 g/mol. The van der Waals surface area contributed by atoms with Gasteiger partial charge >= 0.3 is 6.03 Å². The molecule has 2 aliphatic heterocycles. The van der Waals surface area contributed by atoms with Crippen LogP contribution >= 0.6 is 11.8 Å². The predicted octanol–water partition coefficient (Wildman–Crippen LogP) is 2.05. The van der Waals surface area contributed by atoms with Crippen LogP contribution in [0.25, 0.3) is 0 Å². The SMILES string of the molecule is N#CC1=C(N)SC(C(=O)NC(=O)N2CCCC2)C1c1ccc(F)cc1. The summed E-state index contributed by atoms with van der Waals surface area (Å²) in [6.07, 6.45) is 1.84. The van der Waals surface area contributed by atoms with E-state index in [2.05, 4.69) is 5.32 Å². The number of allylic oxidation sites excluding steroid dienone is 1. The molecule has 8 heteroatoms. The Balaban J connectivity index is 1.81. The number of nitrogens with two attached hydrogens (primary N) is 1. The molecule has 1 aromatic rings. The van der Waals surface area contributed by atoms with Gasteiger partial charge < -0.3 is 10.6 Å². The molecule has 0 aliphatic carbocycles. The van der Waals surface area contributed by atoms with Crippen LogP contribution in [0, 0.1) is 17.1 Å². The zero-order chi connectivity index (χ0) is 18.0. The number of halogens is 1. The second kappa shape index (κ2) is 7.15. The van der Waals surface area contributed by atoms with Crippen LogP contribution in [0.4, 0.5) is 9.18 Å². The monoisotopic (exact) mass is 360 g/mol. The van der Waals surface area contributed by atoms with Crippen molar-refractivity contribution in [2.75, 3.05) is 13.1 Å². The van der Waals surface area contributed by atoms with E-state index in [9.17, 15) is 19.2 Å². The lowest BCUT2D eigenvalue weighted by molar-refractivity contribution is -0.119. The maximum atomic E-state index is 13.2. The van der Waals surface area contributed by atoms with E-state index in [-0.39, 0.29) is 10.6 Å². The molecule has 2 atom stereocenters. The van der Waals surface area contributed by atoms with Crippen molar-refractivity contribution in [1.29, 1.82) is 5.26 Å². The van der Waals surface area contributed by atoms with Crippen LogP contribution in [-0.2, 0) is 4.79 Å². The fourth-order valence-electron chi connectivity index (χ4n) is 3.09. The highest BCUT2D eigenvalue weighted by atomic mass is 32.2. The van der Waals surface area contributed by atoms with E-state index in [0.717, 1.165) is 24.6 Å². The third-order valence-corrected chi connectivity index (χ3v) is 5.58. The number of carbonyl (C=O) groups excluding carboxylic acids is 2. The molecule has 2 aliphatic rings. The van der Waals surface area contributed by atoms with E-state index < -0.39 is 28.9 Å². The maximum absolute atomic E-state index is 13.2. The Hall–Kier alpha value is -2.53. The number of nitrogens with one attached hydrogen (secondary N) is 1. The smallest absolute Gasteiger partial charge is 0.324 e. The van der Waals surface area contributed by atoms with Crippen LogP contribution in [0.3, 0.4) is 0 Å². The van der Waals surface area contributed by atoms with Crippen molar-refractivity contribution >= 4 is 23.7 Å². The van der Waals surface area contributed by atoms with Crippen LogP contribution in [-0.4, -0.2) is 35.2 Å². The Labute approximate surface area is 148 Å². The molecule has 2 heterocycles. The van der Waals surface area contributed by atoms with Gasteiger partial charge in [0.25, 0.3) is 0 Å². The van der Waals surface area contributed by atoms with Gasteiger partial charge in [-0.2, -0.15) is 5.26 Å². The number of hydrogen-bond acceptors (Lipinski definition) is 5. The van der Waals surface area contributed by atoms with Gasteiger partial charge in [0.2, 0.25) is 5.91 Å². The molecule has 0 radical (unpaired) electrons. The number of urea groups is 1. The summed E-state index contributed by atoms with van der Waals surface area (Å²) in [6, 6.07) is 7.21. The number of imide groups is 1. The second-order valence-electron chi connectivity index (χ2n) is 5.95. The van der Waals surface area contributed by atoms with Crippen molar-refractivity contribution < 1.29 is 14.0 Å². The highest BCUT2D eigenvalue weighted by Gasteiger charge is 2.41. The average Bonchev–Trinajstić information content (AvgIpc) is 3.23. The minimum Gasteiger partial charge on any atom is -0.393 e. The van der Waals surface area contributed by atoms with Crippen molar-refractivity contribution in [3.05, 3.63) is 46.2 Å². The molecule has 0 saturated carbocycles. The Kier molecular flexibility index (Phi) is 4.95. The summed E-state index contributed by atoms with van der Waals surface area (Å²) in [5.41, 5.74) is 6.78. The van der Waals surface area contributed by atoms with E-state index in [1.165, 1.54) is 24.3 Å². The van der Waals surface area contributed by atoms with Gasteiger partial charge in [0.1, 0.15) is 11.1 Å². The van der Waals surface area contributed by atoms with Crippen LogP contribution in [0.1, 0.15) is 24.3 Å². The van der Waals surface area contributed by atoms with Gasteiger partial charge in [0.05, 0.1) is 16.7 Å². The Morgan fingerprint density at radius 2 is 1.92 bits per heavy atom. The van der Waals surface area contributed by atoms with Gasteiger partial charge in [-0.3, -0.25) is 10.1 Å². The maximum Gasteiger partial charge on any atom is 0.324 e. The van der Waals surface area contributed by atoms with Gasteiger partial charge in [-0.15, -0.1) is 0 Å². The summed E-state index contributed by atoms with van der Waals surface area (Å²) in [7, 11) is 0. The zero-order valence-corrected chi connectivity index (χ0v) is 14.2. The lowest BCUT2D eigenvalue weighted by Crippen LogP contribution is -2.45. The predicted molar refractivity (Wildman–Crippen MR) is 91.7 cm³/mol. The van der Waals surface area contributed by atoms with Crippen LogP contribution < -0.4 is 11.1 Å². The molecule has 3 amide bonds. The van der Waals surface area contributed by atoms with Gasteiger partial charge in [-0.25, -0.2) is 9.18 Å². The van der Waals surface area contributed by atoms with E-state index >= 15 is 0 Å². The summed E-state index contributed by atoms with van der Waals surface area (Å²) >= 11 is 1.06. The molecule has 1 saturated heterocycles. The molecule has 25 heavy (non-hydrogen) atoms. The molecule has 3 N–H and O–H groups in total. The Morgan fingerprint density at radius 1 is 1.28 bits per heavy atom. The largest absolute Gasteiger partial charge is 0.393 e. The molecule has 6 nitrogen and oxygen atoms in total. The lowest BCUT2D eigenvalue weighted by atomic mass is 9.88. The number of benzene rings is 1. The van der Waals surface area contributed by atoms with Crippen molar-refractivity contribution in [2.45, 2.75) is 24.0 Å². The van der Waals surface area contributed by atoms with Gasteiger partial charge in [-0.1, -0.05) is 23.9 Å². The number of carbonyl (C=O) groups is 2. The van der Waals surface area contributed by atoms with Crippen LogP contribution in [0.5, 0.6) is 0 Å². The molecule has 2 unspecified atom stereocenters. The fraction of sp³-hybridized carbons (Fsp3) is 0.353. The van der Waals surface area contributed by atoms with E-state index in [0.29, 0.717) is 18.7 Å². The van der Waals surface area contributed by atoms with Gasteiger partial charge in [0.15, 0.2) is 0 Å². The zero-order valence-electron chi connectivity index (χ0n) is 13.4. The van der Waals surface area contributed by atoms with Crippen molar-refractivity contribution in [1.82, 2.24) is 10.2 Å². The first-order valence-corrected chi connectivity index (χ1v) is 8.81. The number of likely N-dealkylation sites (tertiary alicyclic amines) is 1. The highest BCUT2D eigenvalue weighted by molar-refractivity contribution is 8.04. The van der Waals surface area contributed by atoms with Gasteiger partial charge in [-0.05, 0) is 30.5 Å². The van der Waals surface area contributed by atoms with Crippen LogP contribution in [0.2, 0.25) is 0 Å². The van der Waals surface area contributed by atoms with E-state index in [1.807, 2.05) is 6.07 Å². The van der Waals surface area contributed by atoms with Crippen molar-refractivity contribution in [3.63, 3.8) is 0 Å². The summed E-state index contributed by atoms with van der Waals surface area (Å²) in [5.74, 6) is -1.51. The molecule has 130 valence electrons. The molecule has 1 fully saturated rings. The normalized spacial score (nSPS) is 22.8. The summed E-state index contributed by atoms with van der Waals surface area (Å²) in [6.45, 7) is 1.25. The summed E-state index contributed by atoms with van der Waals surface area (Å²) in [5, 5.41) is 11.3. The second-order valence-corrected chi connectivity index (χ2v) is 7.13. The molecule has 3 rings (SSSR count). The number of thioether (sulfide) groups is 1. The first-order valence-electron chi connectivity index (χ1n) is 7.93. The van der Waals surface area contributed by atoms with Gasteiger partial charge in [0, 0.05) is 19.0 Å². The lowest BCUT2D eigenvalue weighted by Gasteiger charge is -2.21. The average molecular weight is 360 g/mol. The molecule has 0 bridgehead atoms. The van der Waals surface area contributed by atoms with Crippen molar-refractivity contribution in [2.24, 2.45) is 5.73 Å². The topological polar surface area (TPSA) is 99.2 Å². The summed E-state index contributed by atoms with van der Waals surface area (Å²) < 4.78 is 13.2. The number of rotatable bonds is 2. The first-order chi connectivity index (χ1) is 12.0. The number of nitriles is 1.